The molecular weight excluding hydrogens is 267 g/mol. The number of rotatable bonds is 1. The van der Waals surface area contributed by atoms with Crippen molar-refractivity contribution in [3.8, 4) is 6.07 Å². The average molecular weight is 284 g/mol. The van der Waals surface area contributed by atoms with Crippen LogP contribution in [-0.2, 0) is 9.31 Å². The lowest BCUT2D eigenvalue weighted by Crippen LogP contribution is -2.41. The number of fused-ring (bicyclic) bond motifs is 1. The maximum absolute atomic E-state index is 9.31. The van der Waals surface area contributed by atoms with E-state index >= 15 is 0 Å². The van der Waals surface area contributed by atoms with Crippen LogP contribution in [0.2, 0.25) is 0 Å². The molecule has 6 heteroatoms. The zero-order valence-electron chi connectivity index (χ0n) is 12.6. The van der Waals surface area contributed by atoms with E-state index in [0.29, 0.717) is 16.5 Å². The van der Waals surface area contributed by atoms with Gasteiger partial charge in [-0.05, 0) is 39.2 Å². The van der Waals surface area contributed by atoms with Gasteiger partial charge in [-0.2, -0.15) is 5.26 Å². The summed E-state index contributed by atoms with van der Waals surface area (Å²) in [7, 11) is -0.553. The van der Waals surface area contributed by atoms with Gasteiger partial charge < -0.3 is 19.5 Å². The molecule has 1 aromatic carbocycles. The minimum atomic E-state index is -0.553. The molecule has 0 spiro atoms. The third kappa shape index (κ3) is 1.93. The molecule has 3 rings (SSSR count). The molecule has 5 nitrogen and oxygen atoms in total. The van der Waals surface area contributed by atoms with Gasteiger partial charge in [0.05, 0.1) is 11.2 Å². The van der Waals surface area contributed by atoms with E-state index in [0.717, 1.165) is 5.46 Å². The van der Waals surface area contributed by atoms with Gasteiger partial charge in [-0.3, -0.25) is 0 Å². The molecule has 1 fully saturated rings. The van der Waals surface area contributed by atoms with Crippen molar-refractivity contribution < 1.29 is 13.7 Å². The summed E-state index contributed by atoms with van der Waals surface area (Å²) in [5.41, 5.74) is 6.54. The summed E-state index contributed by atoms with van der Waals surface area (Å²) in [5, 5.41) is 9.97. The van der Waals surface area contributed by atoms with E-state index in [-0.39, 0.29) is 5.88 Å². The van der Waals surface area contributed by atoms with Crippen LogP contribution in [0, 0.1) is 11.3 Å². The first-order chi connectivity index (χ1) is 9.77. The monoisotopic (exact) mass is 284 g/mol. The van der Waals surface area contributed by atoms with Crippen molar-refractivity contribution in [2.75, 3.05) is 5.73 Å². The van der Waals surface area contributed by atoms with Gasteiger partial charge in [0.15, 0.2) is 0 Å². The van der Waals surface area contributed by atoms with Crippen LogP contribution in [0.4, 0.5) is 5.88 Å². The van der Waals surface area contributed by atoms with Gasteiger partial charge in [0.2, 0.25) is 5.88 Å². The highest BCUT2D eigenvalue weighted by Gasteiger charge is 2.52. The summed E-state index contributed by atoms with van der Waals surface area (Å²) in [6.45, 7) is 7.95. The second-order valence-electron chi connectivity index (χ2n) is 6.26. The molecule has 0 unspecified atom stereocenters. The van der Waals surface area contributed by atoms with Gasteiger partial charge >= 0.3 is 7.12 Å². The molecule has 0 atom stereocenters. The minimum absolute atomic E-state index is 0.122. The van der Waals surface area contributed by atoms with Crippen molar-refractivity contribution >= 4 is 29.4 Å². The minimum Gasteiger partial charge on any atom is -0.440 e. The van der Waals surface area contributed by atoms with Gasteiger partial charge in [-0.15, -0.1) is 0 Å². The van der Waals surface area contributed by atoms with E-state index in [2.05, 4.69) is 6.07 Å². The van der Waals surface area contributed by atoms with Crippen molar-refractivity contribution in [1.82, 2.24) is 0 Å². The van der Waals surface area contributed by atoms with E-state index in [1.54, 1.807) is 6.07 Å². The Morgan fingerprint density at radius 2 is 1.76 bits per heavy atom. The molecule has 1 aliphatic heterocycles. The zero-order valence-corrected chi connectivity index (χ0v) is 12.6. The number of nitrogens with two attached hydrogens (primary N) is 1. The Kier molecular flexibility index (Phi) is 2.84. The zero-order chi connectivity index (χ0) is 15.4. The molecule has 0 radical (unpaired) electrons. The SMILES string of the molecule is CC1(C)OB(c2cccc3oc(N)c(C#N)c23)OC1(C)C. The van der Waals surface area contributed by atoms with Gasteiger partial charge in [-0.25, -0.2) is 0 Å². The fourth-order valence-electron chi connectivity index (χ4n) is 2.47. The van der Waals surface area contributed by atoms with Gasteiger partial charge in [-0.1, -0.05) is 12.1 Å². The van der Waals surface area contributed by atoms with E-state index in [1.165, 1.54) is 0 Å². The lowest BCUT2D eigenvalue weighted by Gasteiger charge is -2.32. The second-order valence-corrected chi connectivity index (χ2v) is 6.26. The van der Waals surface area contributed by atoms with E-state index < -0.39 is 18.3 Å². The molecular formula is C15H17BN2O3. The van der Waals surface area contributed by atoms with Crippen molar-refractivity contribution in [2.24, 2.45) is 0 Å². The summed E-state index contributed by atoms with van der Waals surface area (Å²) in [4.78, 5) is 0. The van der Waals surface area contributed by atoms with Gasteiger partial charge in [0.25, 0.3) is 0 Å². The molecule has 108 valence electrons. The number of benzene rings is 1. The van der Waals surface area contributed by atoms with Gasteiger partial charge in [0.1, 0.15) is 17.2 Å². The Hall–Kier alpha value is -1.97. The quantitative estimate of drug-likeness (QED) is 0.812. The molecule has 0 bridgehead atoms. The smallest absolute Gasteiger partial charge is 0.440 e. The van der Waals surface area contributed by atoms with Crippen LogP contribution in [0.25, 0.3) is 11.0 Å². The topological polar surface area (TPSA) is 81.4 Å². The van der Waals surface area contributed by atoms with Crippen LogP contribution in [0.1, 0.15) is 33.3 Å². The fourth-order valence-corrected chi connectivity index (χ4v) is 2.47. The van der Waals surface area contributed by atoms with E-state index in [9.17, 15) is 5.26 Å². The molecule has 1 saturated heterocycles. The largest absolute Gasteiger partial charge is 0.495 e. The Morgan fingerprint density at radius 3 is 2.33 bits per heavy atom. The van der Waals surface area contributed by atoms with Crippen molar-refractivity contribution in [1.29, 1.82) is 5.26 Å². The maximum atomic E-state index is 9.31. The number of hydrogen-bond donors (Lipinski definition) is 1. The molecule has 0 saturated carbocycles. The average Bonchev–Trinajstić information content (AvgIpc) is 2.82. The van der Waals surface area contributed by atoms with Crippen LogP contribution >= 0.6 is 0 Å². The number of hydrogen-bond acceptors (Lipinski definition) is 5. The summed E-state index contributed by atoms with van der Waals surface area (Å²) in [5.74, 6) is 0.122. The van der Waals surface area contributed by atoms with Crippen molar-refractivity contribution in [3.63, 3.8) is 0 Å². The third-order valence-corrected chi connectivity index (χ3v) is 4.39. The highest BCUT2D eigenvalue weighted by molar-refractivity contribution is 6.65. The Balaban J connectivity index is 2.17. The normalized spacial score (nSPS) is 19.9. The summed E-state index contributed by atoms with van der Waals surface area (Å²) >= 11 is 0. The highest BCUT2D eigenvalue weighted by Crippen LogP contribution is 2.37. The molecule has 1 aromatic heterocycles. The summed E-state index contributed by atoms with van der Waals surface area (Å²) in [6, 6.07) is 7.59. The summed E-state index contributed by atoms with van der Waals surface area (Å²) < 4.78 is 17.5. The molecule has 2 aromatic rings. The lowest BCUT2D eigenvalue weighted by molar-refractivity contribution is 0.00578. The Morgan fingerprint density at radius 1 is 1.14 bits per heavy atom. The number of nitrogens with zero attached hydrogens (tertiary/aromatic N) is 1. The van der Waals surface area contributed by atoms with Crippen LogP contribution in [0.3, 0.4) is 0 Å². The Labute approximate surface area is 123 Å². The molecule has 2 N–H and O–H groups in total. The van der Waals surface area contributed by atoms with Crippen LogP contribution in [-0.4, -0.2) is 18.3 Å². The lowest BCUT2D eigenvalue weighted by atomic mass is 9.76. The van der Waals surface area contributed by atoms with Crippen molar-refractivity contribution in [3.05, 3.63) is 23.8 Å². The first-order valence-electron chi connectivity index (χ1n) is 6.83. The first kappa shape index (κ1) is 14.0. The summed E-state index contributed by atoms with van der Waals surface area (Å²) in [6.07, 6.45) is 0. The predicted molar refractivity (Wildman–Crippen MR) is 81.1 cm³/mol. The number of anilines is 1. The number of nitrogen functional groups attached to an aromatic ring is 1. The van der Waals surface area contributed by atoms with E-state index in [4.69, 9.17) is 19.5 Å². The van der Waals surface area contributed by atoms with Crippen LogP contribution in [0.5, 0.6) is 0 Å². The standard InChI is InChI=1S/C15H17BN2O3/c1-14(2)15(3,4)21-16(20-14)10-6-5-7-11-12(10)9(8-17)13(18)19-11/h5-7H,18H2,1-4H3. The fraction of sp³-hybridized carbons (Fsp3) is 0.400. The predicted octanol–water partition coefficient (Wildman–Crippen LogP) is 2.19. The van der Waals surface area contributed by atoms with Crippen LogP contribution in [0.15, 0.2) is 22.6 Å². The second kappa shape index (κ2) is 4.26. The molecule has 0 aliphatic carbocycles. The van der Waals surface area contributed by atoms with E-state index in [1.807, 2.05) is 39.8 Å². The van der Waals surface area contributed by atoms with Crippen LogP contribution < -0.4 is 11.2 Å². The Bertz CT molecular complexity index is 742. The van der Waals surface area contributed by atoms with Crippen molar-refractivity contribution in [2.45, 2.75) is 38.9 Å². The van der Waals surface area contributed by atoms with Gasteiger partial charge in [0, 0.05) is 5.39 Å². The highest BCUT2D eigenvalue weighted by atomic mass is 16.7. The third-order valence-electron chi connectivity index (χ3n) is 4.39. The molecule has 1 aliphatic rings. The molecule has 0 amide bonds. The molecule has 21 heavy (non-hydrogen) atoms. The maximum Gasteiger partial charge on any atom is 0.495 e. The molecule has 2 heterocycles. The number of furan rings is 1. The first-order valence-corrected chi connectivity index (χ1v) is 6.83. The number of nitriles is 1.